The minimum Gasteiger partial charge on any atom is -0.465 e. The van der Waals surface area contributed by atoms with Crippen molar-refractivity contribution < 1.29 is 18.9 Å². The maximum absolute atomic E-state index is 11.9. The van der Waals surface area contributed by atoms with E-state index in [2.05, 4.69) is 48.9 Å². The molecule has 1 aromatic heterocycles. The van der Waals surface area contributed by atoms with Gasteiger partial charge in [0.15, 0.2) is 8.32 Å². The highest BCUT2D eigenvalue weighted by Crippen LogP contribution is 2.38. The average molecular weight is 475 g/mol. The molecule has 1 aromatic carbocycles. The predicted octanol–water partition coefficient (Wildman–Crippen LogP) is 5.05. The van der Waals surface area contributed by atoms with E-state index < -0.39 is 14.4 Å². The van der Waals surface area contributed by atoms with Crippen LogP contribution in [0.3, 0.4) is 0 Å². The molecule has 3 rings (SSSR count). The molecule has 182 valence electrons. The van der Waals surface area contributed by atoms with Gasteiger partial charge in [0.25, 0.3) is 0 Å². The van der Waals surface area contributed by atoms with Gasteiger partial charge in [-0.15, -0.1) is 0 Å². The molecule has 2 atom stereocenters. The van der Waals surface area contributed by atoms with Crippen LogP contribution in [0.5, 0.6) is 0 Å². The summed E-state index contributed by atoms with van der Waals surface area (Å²) in [4.78, 5) is 20.0. The van der Waals surface area contributed by atoms with Crippen molar-refractivity contribution in [2.45, 2.75) is 70.8 Å². The minimum atomic E-state index is -1.84. The fraction of sp³-hybridized carbons (Fsp3) is 0.625. The van der Waals surface area contributed by atoms with E-state index in [1.165, 1.54) is 4.90 Å². The fourth-order valence-corrected chi connectivity index (χ4v) is 5.26. The summed E-state index contributed by atoms with van der Waals surface area (Å²) in [5.74, 6) is 1.11. The second-order valence-corrected chi connectivity index (χ2v) is 15.2. The largest absolute Gasteiger partial charge is 0.465 e. The van der Waals surface area contributed by atoms with Crippen LogP contribution in [0.1, 0.15) is 51.6 Å². The Kier molecular flexibility index (Phi) is 7.65. The van der Waals surface area contributed by atoms with Crippen molar-refractivity contribution in [3.63, 3.8) is 0 Å². The van der Waals surface area contributed by atoms with Crippen LogP contribution in [0.4, 0.5) is 4.79 Å². The van der Waals surface area contributed by atoms with E-state index in [-0.39, 0.29) is 17.2 Å². The van der Waals surface area contributed by atoms with Gasteiger partial charge in [0.05, 0.1) is 12.1 Å². The van der Waals surface area contributed by atoms with E-state index in [0.717, 1.165) is 30.6 Å². The highest BCUT2D eigenvalue weighted by atomic mass is 28.4. The van der Waals surface area contributed by atoms with Gasteiger partial charge in [-0.3, -0.25) is 4.90 Å². The molecule has 1 aliphatic rings. The van der Waals surface area contributed by atoms with Crippen LogP contribution >= 0.6 is 0 Å². The second-order valence-electron chi connectivity index (χ2n) is 10.4. The van der Waals surface area contributed by atoms with Gasteiger partial charge in [-0.05, 0) is 36.2 Å². The molecule has 0 spiro atoms. The normalized spacial score (nSPS) is 18.5. The lowest BCUT2D eigenvalue weighted by molar-refractivity contribution is 0.121. The molecular weight excluding hydrogens is 436 g/mol. The zero-order valence-corrected chi connectivity index (χ0v) is 22.0. The van der Waals surface area contributed by atoms with Gasteiger partial charge < -0.3 is 19.0 Å². The molecule has 8 nitrogen and oxygen atoms in total. The van der Waals surface area contributed by atoms with Crippen LogP contribution < -0.4 is 0 Å². The SMILES string of the molecule is CCc1nc(-c2cccc([C@@H](CN3CC[C@H](O[Si](C)(C)C(C)(C)C)C3)N(C)C(=O)O)c2)no1. The summed E-state index contributed by atoms with van der Waals surface area (Å²) in [6.07, 6.45) is 0.884. The van der Waals surface area contributed by atoms with Crippen LogP contribution in [0, 0.1) is 0 Å². The number of hydrogen-bond donors (Lipinski definition) is 1. The van der Waals surface area contributed by atoms with E-state index in [9.17, 15) is 9.90 Å². The number of likely N-dealkylation sites (N-methyl/N-ethyl adjacent to an activating group) is 1. The maximum Gasteiger partial charge on any atom is 0.407 e. The lowest BCUT2D eigenvalue weighted by Crippen LogP contribution is -2.45. The predicted molar refractivity (Wildman–Crippen MR) is 131 cm³/mol. The molecule has 1 N–H and O–H groups in total. The number of likely N-dealkylation sites (tertiary alicyclic amines) is 1. The van der Waals surface area contributed by atoms with E-state index in [4.69, 9.17) is 8.95 Å². The summed E-state index contributed by atoms with van der Waals surface area (Å²) < 4.78 is 11.9. The third-order valence-electron chi connectivity index (χ3n) is 7.00. The number of carbonyl (C=O) groups is 1. The van der Waals surface area contributed by atoms with Crippen LogP contribution in [-0.4, -0.2) is 72.2 Å². The first-order valence-corrected chi connectivity index (χ1v) is 14.6. The van der Waals surface area contributed by atoms with E-state index in [1.807, 2.05) is 31.2 Å². The zero-order valence-electron chi connectivity index (χ0n) is 21.0. The molecule has 0 bridgehead atoms. The topological polar surface area (TPSA) is 91.9 Å². The summed E-state index contributed by atoms with van der Waals surface area (Å²) in [6, 6.07) is 7.46. The van der Waals surface area contributed by atoms with Crippen LogP contribution in [0.2, 0.25) is 18.1 Å². The van der Waals surface area contributed by atoms with Crippen molar-refractivity contribution in [3.05, 3.63) is 35.7 Å². The Bertz CT molecular complexity index is 956. The Morgan fingerprint density at radius 3 is 2.73 bits per heavy atom. The molecule has 33 heavy (non-hydrogen) atoms. The zero-order chi connectivity index (χ0) is 24.4. The Labute approximate surface area is 198 Å². The van der Waals surface area contributed by atoms with Gasteiger partial charge >= 0.3 is 6.09 Å². The lowest BCUT2D eigenvalue weighted by atomic mass is 10.0. The molecule has 2 heterocycles. The summed E-state index contributed by atoms with van der Waals surface area (Å²) in [6.45, 7) is 15.6. The minimum absolute atomic E-state index is 0.166. The Balaban J connectivity index is 1.77. The van der Waals surface area contributed by atoms with Gasteiger partial charge in [-0.2, -0.15) is 4.98 Å². The molecular formula is C24H38N4O4Si. The quantitative estimate of drug-likeness (QED) is 0.535. The Hall–Kier alpha value is -2.23. The molecule has 0 aliphatic carbocycles. The molecule has 1 amide bonds. The molecule has 2 aromatic rings. The van der Waals surface area contributed by atoms with Crippen molar-refractivity contribution in [1.82, 2.24) is 19.9 Å². The summed E-state index contributed by atoms with van der Waals surface area (Å²) >= 11 is 0. The van der Waals surface area contributed by atoms with Crippen molar-refractivity contribution >= 4 is 14.4 Å². The molecule has 1 fully saturated rings. The van der Waals surface area contributed by atoms with Crippen molar-refractivity contribution in [2.24, 2.45) is 0 Å². The van der Waals surface area contributed by atoms with E-state index >= 15 is 0 Å². The van der Waals surface area contributed by atoms with Crippen LogP contribution in [0.25, 0.3) is 11.4 Å². The first-order valence-electron chi connectivity index (χ1n) is 11.7. The van der Waals surface area contributed by atoms with Gasteiger partial charge in [0.1, 0.15) is 0 Å². The van der Waals surface area contributed by atoms with Crippen molar-refractivity contribution in [1.29, 1.82) is 0 Å². The van der Waals surface area contributed by atoms with Gasteiger partial charge in [0.2, 0.25) is 11.7 Å². The molecule has 1 saturated heterocycles. The standard InChI is InChI=1S/C24H38N4O4Si/c1-8-21-25-22(26-31-21)18-11-9-10-17(14-18)20(27(5)23(29)30)16-28-13-12-19(15-28)32-33(6,7)24(2,3)4/h9-11,14,19-20H,8,12-13,15-16H2,1-7H3,(H,29,30)/t19-,20+/m0/s1. The number of carboxylic acid groups (broad SMARTS) is 1. The highest BCUT2D eigenvalue weighted by Gasteiger charge is 2.41. The van der Waals surface area contributed by atoms with Gasteiger partial charge in [-0.1, -0.05) is 51.1 Å². The number of aryl methyl sites for hydroxylation is 1. The third kappa shape index (κ3) is 6.02. The van der Waals surface area contributed by atoms with Crippen molar-refractivity contribution in [3.8, 4) is 11.4 Å². The molecule has 0 saturated carbocycles. The van der Waals surface area contributed by atoms with E-state index in [1.54, 1.807) is 7.05 Å². The van der Waals surface area contributed by atoms with Crippen molar-refractivity contribution in [2.75, 3.05) is 26.7 Å². The number of nitrogens with zero attached hydrogens (tertiary/aromatic N) is 4. The smallest absolute Gasteiger partial charge is 0.407 e. The lowest BCUT2D eigenvalue weighted by Gasteiger charge is -2.38. The number of amides is 1. The number of benzene rings is 1. The summed E-state index contributed by atoms with van der Waals surface area (Å²) in [5.41, 5.74) is 1.73. The van der Waals surface area contributed by atoms with Gasteiger partial charge in [-0.25, -0.2) is 4.79 Å². The Morgan fingerprint density at radius 2 is 2.12 bits per heavy atom. The average Bonchev–Trinajstić information content (AvgIpc) is 3.40. The third-order valence-corrected chi connectivity index (χ3v) is 11.5. The van der Waals surface area contributed by atoms with E-state index in [0.29, 0.717) is 24.7 Å². The number of hydrogen-bond acceptors (Lipinski definition) is 6. The number of aromatic nitrogens is 2. The molecule has 1 aliphatic heterocycles. The maximum atomic E-state index is 11.9. The summed E-state index contributed by atoms with van der Waals surface area (Å²) in [5, 5.41) is 14.0. The highest BCUT2D eigenvalue weighted by molar-refractivity contribution is 6.74. The van der Waals surface area contributed by atoms with Crippen LogP contribution in [0.15, 0.2) is 28.8 Å². The van der Waals surface area contributed by atoms with Gasteiger partial charge in [0, 0.05) is 38.7 Å². The number of rotatable bonds is 8. The molecule has 0 radical (unpaired) electrons. The molecule has 9 heteroatoms. The first kappa shape index (κ1) is 25.4. The first-order chi connectivity index (χ1) is 15.4. The molecule has 0 unspecified atom stereocenters. The fourth-order valence-electron chi connectivity index (χ4n) is 3.88. The Morgan fingerprint density at radius 1 is 1.39 bits per heavy atom. The second kappa shape index (κ2) is 9.95. The van der Waals surface area contributed by atoms with Crippen LogP contribution in [-0.2, 0) is 10.8 Å². The monoisotopic (exact) mass is 474 g/mol. The summed E-state index contributed by atoms with van der Waals surface area (Å²) in [7, 11) is -0.215.